The molecule has 0 radical (unpaired) electrons. The summed E-state index contributed by atoms with van der Waals surface area (Å²) in [6.45, 7) is 0. The maximum absolute atomic E-state index is 5.68. The molecule has 12 heavy (non-hydrogen) atoms. The van der Waals surface area contributed by atoms with Crippen LogP contribution in [0.3, 0.4) is 0 Å². The molecular weight excluding hydrogens is 263 g/mol. The molecular formula is C8H9BrCl2O. The van der Waals surface area contributed by atoms with Crippen LogP contribution in [0.5, 0.6) is 0 Å². The lowest BCUT2D eigenvalue weighted by Crippen LogP contribution is -1.66. The first-order valence-corrected chi connectivity index (χ1v) is 4.67. The molecule has 0 aliphatic rings. The minimum absolute atomic E-state index is 0.641. The molecule has 4 heteroatoms. The maximum Gasteiger partial charge on any atom is 0.0562 e. The summed E-state index contributed by atoms with van der Waals surface area (Å²) < 4.78 is 5.12. The van der Waals surface area contributed by atoms with E-state index in [2.05, 4.69) is 20.7 Å². The van der Waals surface area contributed by atoms with Crippen LogP contribution in [0, 0.1) is 0 Å². The van der Waals surface area contributed by atoms with Gasteiger partial charge in [-0.2, -0.15) is 0 Å². The lowest BCUT2D eigenvalue weighted by molar-refractivity contribution is 0.277. The molecule has 0 amide bonds. The van der Waals surface area contributed by atoms with Crippen molar-refractivity contribution in [2.45, 2.75) is 0 Å². The molecule has 1 nitrogen and oxygen atoms in total. The van der Waals surface area contributed by atoms with Crippen molar-refractivity contribution in [1.82, 2.24) is 0 Å². The summed E-state index contributed by atoms with van der Waals surface area (Å²) in [5.41, 5.74) is 0. The fourth-order valence-corrected chi connectivity index (χ4v) is 1.13. The summed E-state index contributed by atoms with van der Waals surface area (Å²) in [6, 6.07) is 5.27. The maximum atomic E-state index is 5.68. The summed E-state index contributed by atoms with van der Waals surface area (Å²) in [5.74, 6) is 0. The Morgan fingerprint density at radius 1 is 1.25 bits per heavy atom. The molecule has 0 atom stereocenters. The highest BCUT2D eigenvalue weighted by Crippen LogP contribution is 2.24. The summed E-state index contributed by atoms with van der Waals surface area (Å²) in [6.07, 6.45) is 0. The van der Waals surface area contributed by atoms with Gasteiger partial charge in [-0.15, -0.1) is 0 Å². The van der Waals surface area contributed by atoms with Crippen LogP contribution < -0.4 is 0 Å². The van der Waals surface area contributed by atoms with Gasteiger partial charge >= 0.3 is 0 Å². The number of hydrogen-bond donors (Lipinski definition) is 0. The summed E-state index contributed by atoms with van der Waals surface area (Å²) >= 11 is 14.5. The van der Waals surface area contributed by atoms with Crippen molar-refractivity contribution in [3.05, 3.63) is 32.7 Å². The quantitative estimate of drug-likeness (QED) is 0.648. The largest absolute Gasteiger partial charge is 0.388 e. The second-order valence-corrected chi connectivity index (χ2v) is 3.66. The number of rotatable bonds is 0. The second kappa shape index (κ2) is 6.72. The van der Waals surface area contributed by atoms with Crippen LogP contribution in [0.25, 0.3) is 0 Å². The van der Waals surface area contributed by atoms with E-state index in [9.17, 15) is 0 Å². The van der Waals surface area contributed by atoms with E-state index < -0.39 is 0 Å². The Hall–Kier alpha value is 0.240. The van der Waals surface area contributed by atoms with Crippen LogP contribution in [0.1, 0.15) is 0 Å². The van der Waals surface area contributed by atoms with Crippen molar-refractivity contribution in [1.29, 1.82) is 0 Å². The van der Waals surface area contributed by atoms with Gasteiger partial charge in [0.15, 0.2) is 0 Å². The molecule has 0 unspecified atom stereocenters. The van der Waals surface area contributed by atoms with Gasteiger partial charge in [-0.05, 0) is 34.1 Å². The molecule has 0 aromatic heterocycles. The monoisotopic (exact) mass is 270 g/mol. The molecule has 1 aromatic rings. The highest BCUT2D eigenvalue weighted by molar-refractivity contribution is 9.10. The number of hydrogen-bond acceptors (Lipinski definition) is 1. The molecule has 0 spiro atoms. The Bertz CT molecular complexity index is 240. The van der Waals surface area contributed by atoms with Crippen LogP contribution >= 0.6 is 39.1 Å². The molecule has 0 aliphatic heterocycles. The first kappa shape index (κ1) is 12.2. The van der Waals surface area contributed by atoms with Crippen molar-refractivity contribution in [2.75, 3.05) is 14.2 Å². The molecule has 68 valence electrons. The van der Waals surface area contributed by atoms with E-state index in [1.165, 1.54) is 0 Å². The van der Waals surface area contributed by atoms with Crippen molar-refractivity contribution in [2.24, 2.45) is 0 Å². The van der Waals surface area contributed by atoms with Crippen molar-refractivity contribution in [3.8, 4) is 0 Å². The fraction of sp³-hybridized carbons (Fsp3) is 0.250. The Morgan fingerprint density at radius 3 is 2.08 bits per heavy atom. The van der Waals surface area contributed by atoms with Gasteiger partial charge in [0.05, 0.1) is 5.02 Å². The van der Waals surface area contributed by atoms with E-state index in [4.69, 9.17) is 23.2 Å². The number of benzene rings is 1. The van der Waals surface area contributed by atoms with E-state index in [0.717, 1.165) is 4.47 Å². The average Bonchev–Trinajstić information content (AvgIpc) is 1.99. The zero-order valence-electron chi connectivity index (χ0n) is 6.77. The van der Waals surface area contributed by atoms with Gasteiger partial charge < -0.3 is 4.74 Å². The third-order valence-corrected chi connectivity index (χ3v) is 2.35. The zero-order valence-corrected chi connectivity index (χ0v) is 9.87. The summed E-state index contributed by atoms with van der Waals surface area (Å²) in [7, 11) is 3.25. The zero-order chi connectivity index (χ0) is 9.56. The van der Waals surface area contributed by atoms with E-state index >= 15 is 0 Å². The van der Waals surface area contributed by atoms with E-state index in [1.807, 2.05) is 6.07 Å². The molecule has 0 saturated heterocycles. The predicted octanol–water partition coefficient (Wildman–Crippen LogP) is 4.02. The second-order valence-electron chi connectivity index (χ2n) is 1.97. The first-order chi connectivity index (χ1) is 5.61. The van der Waals surface area contributed by atoms with Crippen LogP contribution in [-0.2, 0) is 4.74 Å². The van der Waals surface area contributed by atoms with E-state index in [1.54, 1.807) is 26.4 Å². The third-order valence-electron chi connectivity index (χ3n) is 0.882. The third kappa shape index (κ3) is 4.99. The van der Waals surface area contributed by atoms with E-state index in [0.29, 0.717) is 10.0 Å². The van der Waals surface area contributed by atoms with Gasteiger partial charge in [0.1, 0.15) is 0 Å². The molecule has 0 aliphatic carbocycles. The smallest absolute Gasteiger partial charge is 0.0562 e. The average molecular weight is 272 g/mol. The van der Waals surface area contributed by atoms with Gasteiger partial charge in [0.2, 0.25) is 0 Å². The van der Waals surface area contributed by atoms with Gasteiger partial charge in [-0.3, -0.25) is 0 Å². The van der Waals surface area contributed by atoms with Gasteiger partial charge in [0, 0.05) is 23.7 Å². The molecule has 0 heterocycles. The first-order valence-electron chi connectivity index (χ1n) is 3.12. The van der Waals surface area contributed by atoms with Gasteiger partial charge in [-0.25, -0.2) is 0 Å². The van der Waals surface area contributed by atoms with Gasteiger partial charge in [-0.1, -0.05) is 23.2 Å². The van der Waals surface area contributed by atoms with Crippen LogP contribution in [-0.4, -0.2) is 14.2 Å². The lowest BCUT2D eigenvalue weighted by atomic mass is 10.4. The minimum Gasteiger partial charge on any atom is -0.388 e. The Kier molecular flexibility index (Phi) is 6.86. The minimum atomic E-state index is 0.641. The van der Waals surface area contributed by atoms with Crippen LogP contribution in [0.4, 0.5) is 0 Å². The van der Waals surface area contributed by atoms with Gasteiger partial charge in [0.25, 0.3) is 0 Å². The molecule has 1 aromatic carbocycles. The van der Waals surface area contributed by atoms with Crippen molar-refractivity contribution in [3.63, 3.8) is 0 Å². The lowest BCUT2D eigenvalue weighted by Gasteiger charge is -1.93. The van der Waals surface area contributed by atoms with Crippen LogP contribution in [0.2, 0.25) is 10.0 Å². The normalized spacial score (nSPS) is 8.75. The van der Waals surface area contributed by atoms with Crippen molar-refractivity contribution >= 4 is 39.1 Å². The molecule has 0 saturated carbocycles. The summed E-state index contributed by atoms with van der Waals surface area (Å²) in [4.78, 5) is 0. The molecule has 0 N–H and O–H groups in total. The fourth-order valence-electron chi connectivity index (χ4n) is 0.470. The Morgan fingerprint density at radius 2 is 1.75 bits per heavy atom. The Balaban J connectivity index is 0.000000354. The summed E-state index contributed by atoms with van der Waals surface area (Å²) in [5, 5.41) is 1.30. The number of methoxy groups -OCH3 is 1. The number of ether oxygens (including phenoxy) is 1. The molecule has 0 fully saturated rings. The Labute approximate surface area is 90.8 Å². The number of halogens is 3. The van der Waals surface area contributed by atoms with Crippen molar-refractivity contribution < 1.29 is 4.74 Å². The molecule has 0 bridgehead atoms. The topological polar surface area (TPSA) is 9.23 Å². The molecule has 1 rings (SSSR count). The standard InChI is InChI=1S/C6H3BrCl2.C2H6O/c7-5-2-1-4(8)3-6(5)9;1-3-2/h1-3H;1-2H3. The SMILES string of the molecule is COC.Clc1ccc(Br)c(Cl)c1. The predicted molar refractivity (Wildman–Crippen MR) is 57.1 cm³/mol. The van der Waals surface area contributed by atoms with Crippen LogP contribution in [0.15, 0.2) is 22.7 Å². The van der Waals surface area contributed by atoms with E-state index in [-0.39, 0.29) is 0 Å². The highest BCUT2D eigenvalue weighted by atomic mass is 79.9. The highest BCUT2D eigenvalue weighted by Gasteiger charge is 1.94.